The molecule has 0 bridgehead atoms. The number of amides is 1. The number of rotatable bonds is 5. The van der Waals surface area contributed by atoms with E-state index in [1.807, 2.05) is 4.68 Å². The first-order chi connectivity index (χ1) is 10.7. The Morgan fingerprint density at radius 1 is 1.64 bits per heavy atom. The van der Waals surface area contributed by atoms with E-state index in [4.69, 9.17) is 0 Å². The van der Waals surface area contributed by atoms with E-state index in [0.717, 1.165) is 25.9 Å². The van der Waals surface area contributed by atoms with E-state index in [1.54, 1.807) is 17.7 Å². The Hall–Kier alpha value is -1.73. The van der Waals surface area contributed by atoms with Crippen LogP contribution in [0.4, 0.5) is 0 Å². The van der Waals surface area contributed by atoms with Crippen LogP contribution in [-0.4, -0.2) is 40.3 Å². The van der Waals surface area contributed by atoms with Crippen molar-refractivity contribution in [2.24, 2.45) is 0 Å². The topological polar surface area (TPSA) is 71.8 Å². The summed E-state index contributed by atoms with van der Waals surface area (Å²) in [6.07, 6.45) is 3.87. The van der Waals surface area contributed by atoms with Gasteiger partial charge in [0.05, 0.1) is 6.04 Å². The lowest BCUT2D eigenvalue weighted by molar-refractivity contribution is 0.0940. The fourth-order valence-corrected chi connectivity index (χ4v) is 3.39. The molecule has 1 amide bonds. The number of carbonyl (C=O) groups is 1. The summed E-state index contributed by atoms with van der Waals surface area (Å²) >= 11 is 1.67. The van der Waals surface area contributed by atoms with Crippen molar-refractivity contribution in [3.63, 3.8) is 0 Å². The molecule has 118 valence electrons. The van der Waals surface area contributed by atoms with Gasteiger partial charge in [0.25, 0.3) is 5.91 Å². The Morgan fingerprint density at radius 3 is 3.27 bits per heavy atom. The van der Waals surface area contributed by atoms with Crippen LogP contribution in [0.25, 0.3) is 0 Å². The molecule has 22 heavy (non-hydrogen) atoms. The number of carbonyl (C=O) groups excluding carboxylic acids is 1. The Kier molecular flexibility index (Phi) is 4.84. The van der Waals surface area contributed by atoms with Gasteiger partial charge in [-0.05, 0) is 47.7 Å². The zero-order chi connectivity index (χ0) is 15.4. The average molecular weight is 319 g/mol. The van der Waals surface area contributed by atoms with E-state index in [-0.39, 0.29) is 11.7 Å². The van der Waals surface area contributed by atoms with Gasteiger partial charge in [-0.1, -0.05) is 6.92 Å². The van der Waals surface area contributed by atoms with Crippen LogP contribution in [0.15, 0.2) is 23.2 Å². The number of nitrogens with zero attached hydrogens (tertiary/aromatic N) is 3. The third-order valence-electron chi connectivity index (χ3n) is 4.04. The number of hydrogen-bond acceptors (Lipinski definition) is 5. The Labute approximate surface area is 133 Å². The summed E-state index contributed by atoms with van der Waals surface area (Å²) in [5, 5.41) is 14.7. The van der Waals surface area contributed by atoms with Crippen molar-refractivity contribution in [3.05, 3.63) is 34.5 Å². The first-order valence-corrected chi connectivity index (χ1v) is 8.60. The van der Waals surface area contributed by atoms with Gasteiger partial charge < -0.3 is 10.6 Å². The van der Waals surface area contributed by atoms with Gasteiger partial charge in [0.1, 0.15) is 6.33 Å². The van der Waals surface area contributed by atoms with Crippen molar-refractivity contribution in [2.75, 3.05) is 19.6 Å². The minimum Gasteiger partial charge on any atom is -0.349 e. The quantitative estimate of drug-likeness (QED) is 0.881. The number of thiophene rings is 1. The fourth-order valence-electron chi connectivity index (χ4n) is 2.61. The second-order valence-electron chi connectivity index (χ2n) is 5.72. The van der Waals surface area contributed by atoms with Gasteiger partial charge in [0, 0.05) is 13.1 Å². The zero-order valence-corrected chi connectivity index (χ0v) is 13.5. The van der Waals surface area contributed by atoms with Crippen molar-refractivity contribution in [1.29, 1.82) is 0 Å². The second-order valence-corrected chi connectivity index (χ2v) is 6.50. The average Bonchev–Trinajstić information content (AvgIpc) is 3.24. The first-order valence-electron chi connectivity index (χ1n) is 7.66. The SMILES string of the molecule is C[C@H](CNC(=O)c1ncn([C@H]2CCCNC2)n1)c1ccsc1. The van der Waals surface area contributed by atoms with Crippen LogP contribution in [0, 0.1) is 0 Å². The van der Waals surface area contributed by atoms with Crippen molar-refractivity contribution in [2.45, 2.75) is 31.7 Å². The highest BCUT2D eigenvalue weighted by Gasteiger charge is 2.19. The summed E-state index contributed by atoms with van der Waals surface area (Å²) in [5.41, 5.74) is 1.25. The molecular formula is C15H21N5OS. The third-order valence-corrected chi connectivity index (χ3v) is 4.74. The Balaban J connectivity index is 1.55. The van der Waals surface area contributed by atoms with Crippen LogP contribution in [0.2, 0.25) is 0 Å². The summed E-state index contributed by atoms with van der Waals surface area (Å²) in [6, 6.07) is 2.39. The van der Waals surface area contributed by atoms with Gasteiger partial charge in [0.15, 0.2) is 0 Å². The highest BCUT2D eigenvalue weighted by Crippen LogP contribution is 2.17. The van der Waals surface area contributed by atoms with E-state index >= 15 is 0 Å². The zero-order valence-electron chi connectivity index (χ0n) is 12.7. The molecule has 1 aliphatic rings. The Morgan fingerprint density at radius 2 is 2.55 bits per heavy atom. The maximum Gasteiger partial charge on any atom is 0.290 e. The predicted molar refractivity (Wildman–Crippen MR) is 86.2 cm³/mol. The molecule has 0 unspecified atom stereocenters. The van der Waals surface area contributed by atoms with Gasteiger partial charge in [-0.15, -0.1) is 5.10 Å². The molecule has 7 heteroatoms. The van der Waals surface area contributed by atoms with Crippen LogP contribution in [0.5, 0.6) is 0 Å². The smallest absolute Gasteiger partial charge is 0.290 e. The minimum absolute atomic E-state index is 0.204. The van der Waals surface area contributed by atoms with Crippen LogP contribution in [0.3, 0.4) is 0 Å². The lowest BCUT2D eigenvalue weighted by Gasteiger charge is -2.22. The third kappa shape index (κ3) is 3.53. The van der Waals surface area contributed by atoms with Crippen LogP contribution < -0.4 is 10.6 Å². The Bertz CT molecular complexity index is 603. The predicted octanol–water partition coefficient (Wildman–Crippen LogP) is 1.80. The van der Waals surface area contributed by atoms with Crippen LogP contribution in [-0.2, 0) is 0 Å². The normalized spacial score (nSPS) is 19.8. The van der Waals surface area contributed by atoms with Crippen molar-refractivity contribution >= 4 is 17.2 Å². The maximum atomic E-state index is 12.2. The number of hydrogen-bond donors (Lipinski definition) is 2. The number of aromatic nitrogens is 3. The summed E-state index contributed by atoms with van der Waals surface area (Å²) in [5.74, 6) is 0.340. The fraction of sp³-hybridized carbons (Fsp3) is 0.533. The molecule has 1 fully saturated rings. The molecule has 0 radical (unpaired) electrons. The van der Waals surface area contributed by atoms with Crippen molar-refractivity contribution in [3.8, 4) is 0 Å². The molecule has 0 aliphatic carbocycles. The second kappa shape index (κ2) is 7.02. The monoisotopic (exact) mass is 319 g/mol. The van der Waals surface area contributed by atoms with E-state index in [1.165, 1.54) is 5.56 Å². The molecule has 3 rings (SSSR count). The molecular weight excluding hydrogens is 298 g/mol. The van der Waals surface area contributed by atoms with E-state index in [2.05, 4.69) is 44.5 Å². The van der Waals surface area contributed by atoms with Crippen molar-refractivity contribution < 1.29 is 4.79 Å². The molecule has 2 aromatic rings. The largest absolute Gasteiger partial charge is 0.349 e. The number of nitrogens with one attached hydrogen (secondary N) is 2. The summed E-state index contributed by atoms with van der Waals surface area (Å²) < 4.78 is 1.81. The molecule has 2 atom stereocenters. The highest BCUT2D eigenvalue weighted by molar-refractivity contribution is 7.07. The van der Waals surface area contributed by atoms with Gasteiger partial charge in [0.2, 0.25) is 5.82 Å². The lowest BCUT2D eigenvalue weighted by atomic mass is 10.1. The van der Waals surface area contributed by atoms with Gasteiger partial charge >= 0.3 is 0 Å². The molecule has 1 aliphatic heterocycles. The molecule has 6 nitrogen and oxygen atoms in total. The number of piperidine rings is 1. The molecule has 0 saturated carbocycles. The summed E-state index contributed by atoms with van der Waals surface area (Å²) in [4.78, 5) is 16.3. The molecule has 2 N–H and O–H groups in total. The van der Waals surface area contributed by atoms with E-state index in [0.29, 0.717) is 18.5 Å². The van der Waals surface area contributed by atoms with Gasteiger partial charge in [-0.25, -0.2) is 9.67 Å². The lowest BCUT2D eigenvalue weighted by Crippen LogP contribution is -2.32. The van der Waals surface area contributed by atoms with Gasteiger partial charge in [-0.3, -0.25) is 4.79 Å². The highest BCUT2D eigenvalue weighted by atomic mass is 32.1. The first kappa shape index (κ1) is 15.2. The molecule has 2 aromatic heterocycles. The van der Waals surface area contributed by atoms with Gasteiger partial charge in [-0.2, -0.15) is 11.3 Å². The standard InChI is InChI=1S/C15H21N5OS/c1-11(12-4-6-22-9-12)7-17-15(21)14-18-10-20(19-14)13-3-2-5-16-8-13/h4,6,9-11,13,16H,2-3,5,7-8H2,1H3,(H,17,21)/t11-,13+/m1/s1. The molecule has 0 aromatic carbocycles. The van der Waals surface area contributed by atoms with Crippen LogP contribution in [0.1, 0.15) is 47.9 Å². The minimum atomic E-state index is -0.204. The van der Waals surface area contributed by atoms with E-state index in [9.17, 15) is 4.79 Å². The van der Waals surface area contributed by atoms with Crippen LogP contribution >= 0.6 is 11.3 Å². The molecule has 0 spiro atoms. The summed E-state index contributed by atoms with van der Waals surface area (Å²) in [7, 11) is 0. The summed E-state index contributed by atoms with van der Waals surface area (Å²) in [6.45, 7) is 4.63. The molecule has 3 heterocycles. The van der Waals surface area contributed by atoms with E-state index < -0.39 is 0 Å². The molecule has 1 saturated heterocycles. The van der Waals surface area contributed by atoms with Crippen molar-refractivity contribution in [1.82, 2.24) is 25.4 Å². The maximum absolute atomic E-state index is 12.2.